The van der Waals surface area contributed by atoms with Gasteiger partial charge in [0.25, 0.3) is 5.91 Å². The van der Waals surface area contributed by atoms with Gasteiger partial charge in [0.15, 0.2) is 0 Å². The Morgan fingerprint density at radius 1 is 1.07 bits per heavy atom. The van der Waals surface area contributed by atoms with Gasteiger partial charge < -0.3 is 19.5 Å². The number of benzene rings is 2. The van der Waals surface area contributed by atoms with Gasteiger partial charge in [-0.25, -0.2) is 4.98 Å². The van der Waals surface area contributed by atoms with Gasteiger partial charge in [0.1, 0.15) is 11.9 Å². The number of hydrogen-bond donors (Lipinski definition) is 1. The minimum Gasteiger partial charge on any atom is -0.368 e. The second-order valence-corrected chi connectivity index (χ2v) is 7.48. The summed E-state index contributed by atoms with van der Waals surface area (Å²) in [6.07, 6.45) is 2.53. The predicted octanol–water partition coefficient (Wildman–Crippen LogP) is 3.56. The third kappa shape index (κ3) is 3.24. The molecule has 1 amide bonds. The zero-order valence-electron chi connectivity index (χ0n) is 15.8. The normalized spacial score (nSPS) is 19.4. The van der Waals surface area contributed by atoms with Gasteiger partial charge in [-0.15, -0.1) is 0 Å². The Kier molecular flexibility index (Phi) is 4.49. The molecule has 5 rings (SSSR count). The van der Waals surface area contributed by atoms with E-state index in [1.165, 1.54) is 5.52 Å². The maximum atomic E-state index is 12.2. The van der Waals surface area contributed by atoms with Crippen molar-refractivity contribution in [2.75, 3.05) is 23.4 Å². The van der Waals surface area contributed by atoms with Crippen LogP contribution in [-0.2, 0) is 22.6 Å². The average Bonchev–Trinajstić information content (AvgIpc) is 3.32. The van der Waals surface area contributed by atoms with Crippen LogP contribution in [0, 0.1) is 0 Å². The first-order chi connectivity index (χ1) is 13.8. The number of amides is 1. The lowest BCUT2D eigenvalue weighted by atomic mass is 10.2. The van der Waals surface area contributed by atoms with Gasteiger partial charge in [0, 0.05) is 31.1 Å². The number of ether oxygens (including phenoxy) is 1. The number of carbonyl (C=O) groups is 1. The number of aromatic nitrogens is 2. The van der Waals surface area contributed by atoms with E-state index in [0.29, 0.717) is 6.61 Å². The number of nitrogens with one attached hydrogen (secondary N) is 1. The van der Waals surface area contributed by atoms with Crippen LogP contribution < -0.4 is 10.2 Å². The molecule has 1 atom stereocenters. The Morgan fingerprint density at radius 3 is 2.75 bits per heavy atom. The van der Waals surface area contributed by atoms with Gasteiger partial charge >= 0.3 is 0 Å². The van der Waals surface area contributed by atoms with Crippen LogP contribution in [0.25, 0.3) is 11.0 Å². The minimum atomic E-state index is -0.307. The van der Waals surface area contributed by atoms with Gasteiger partial charge in [0.2, 0.25) is 0 Å². The smallest absolute Gasteiger partial charge is 0.253 e. The molecule has 1 saturated heterocycles. The molecule has 2 aliphatic rings. The molecule has 2 aliphatic heterocycles. The van der Waals surface area contributed by atoms with Gasteiger partial charge in [0.05, 0.1) is 17.6 Å². The summed E-state index contributed by atoms with van der Waals surface area (Å²) in [7, 11) is 0. The number of imidazole rings is 1. The number of rotatable bonds is 3. The third-order valence-corrected chi connectivity index (χ3v) is 5.60. The lowest BCUT2D eigenvalue weighted by Gasteiger charge is -2.22. The Hall–Kier alpha value is -2.86. The van der Waals surface area contributed by atoms with E-state index in [0.717, 1.165) is 61.6 Å². The van der Waals surface area contributed by atoms with E-state index < -0.39 is 0 Å². The minimum absolute atomic E-state index is 0.0475. The van der Waals surface area contributed by atoms with E-state index in [9.17, 15) is 4.79 Å². The van der Waals surface area contributed by atoms with Crippen LogP contribution in [0.4, 0.5) is 11.4 Å². The standard InChI is InChI=1S/C22H24N4O2/c27-22(20-7-3-14-28-20)23-16-8-10-17(11-9-16)25-12-4-13-26-19-6-2-1-5-18(19)24-21(26)15-25/h1-2,5-6,8-11,20H,3-4,7,12-15H2,(H,23,27). The van der Waals surface area contributed by atoms with E-state index in [4.69, 9.17) is 9.72 Å². The van der Waals surface area contributed by atoms with Crippen molar-refractivity contribution in [2.24, 2.45) is 0 Å². The summed E-state index contributed by atoms with van der Waals surface area (Å²) in [5.41, 5.74) is 4.24. The van der Waals surface area contributed by atoms with Crippen molar-refractivity contribution in [3.05, 3.63) is 54.4 Å². The van der Waals surface area contributed by atoms with Crippen LogP contribution in [0.15, 0.2) is 48.5 Å². The lowest BCUT2D eigenvalue weighted by Crippen LogP contribution is -2.27. The van der Waals surface area contributed by atoms with Crippen LogP contribution in [0.3, 0.4) is 0 Å². The Labute approximate surface area is 164 Å². The highest BCUT2D eigenvalue weighted by Gasteiger charge is 2.23. The largest absolute Gasteiger partial charge is 0.368 e. The molecule has 1 aromatic heterocycles. The highest BCUT2D eigenvalue weighted by Crippen LogP contribution is 2.25. The molecule has 1 unspecified atom stereocenters. The predicted molar refractivity (Wildman–Crippen MR) is 109 cm³/mol. The number of anilines is 2. The molecule has 28 heavy (non-hydrogen) atoms. The van der Waals surface area contributed by atoms with Crippen molar-refractivity contribution in [3.63, 3.8) is 0 Å². The van der Waals surface area contributed by atoms with E-state index >= 15 is 0 Å². The molecule has 0 aliphatic carbocycles. The molecular formula is C22H24N4O2. The molecule has 3 heterocycles. The van der Waals surface area contributed by atoms with Crippen molar-refractivity contribution >= 4 is 28.3 Å². The van der Waals surface area contributed by atoms with Crippen molar-refractivity contribution in [3.8, 4) is 0 Å². The van der Waals surface area contributed by atoms with Crippen molar-refractivity contribution in [2.45, 2.75) is 38.5 Å². The number of hydrogen-bond acceptors (Lipinski definition) is 4. The highest BCUT2D eigenvalue weighted by atomic mass is 16.5. The molecule has 144 valence electrons. The first-order valence-corrected chi connectivity index (χ1v) is 9.99. The molecule has 0 radical (unpaired) electrons. The summed E-state index contributed by atoms with van der Waals surface area (Å²) in [5.74, 6) is 1.06. The molecule has 0 bridgehead atoms. The first-order valence-electron chi connectivity index (χ1n) is 9.99. The number of para-hydroxylation sites is 2. The summed E-state index contributed by atoms with van der Waals surface area (Å²) in [5, 5.41) is 2.96. The summed E-state index contributed by atoms with van der Waals surface area (Å²) >= 11 is 0. The van der Waals surface area contributed by atoms with Crippen molar-refractivity contribution in [1.29, 1.82) is 0 Å². The van der Waals surface area contributed by atoms with E-state index in [-0.39, 0.29) is 12.0 Å². The molecule has 1 N–H and O–H groups in total. The monoisotopic (exact) mass is 376 g/mol. The molecule has 2 aromatic carbocycles. The topological polar surface area (TPSA) is 59.4 Å². The van der Waals surface area contributed by atoms with Crippen molar-refractivity contribution in [1.82, 2.24) is 9.55 Å². The Balaban J connectivity index is 1.32. The van der Waals surface area contributed by atoms with Gasteiger partial charge in [-0.2, -0.15) is 0 Å². The molecule has 3 aromatic rings. The van der Waals surface area contributed by atoms with Crippen LogP contribution in [0.2, 0.25) is 0 Å². The maximum absolute atomic E-state index is 12.2. The first kappa shape index (κ1) is 17.3. The summed E-state index contributed by atoms with van der Waals surface area (Å²) in [4.78, 5) is 19.4. The molecular weight excluding hydrogens is 352 g/mol. The number of fused-ring (bicyclic) bond motifs is 3. The van der Waals surface area contributed by atoms with Crippen LogP contribution >= 0.6 is 0 Å². The van der Waals surface area contributed by atoms with E-state index in [2.05, 4.69) is 45.1 Å². The summed E-state index contributed by atoms with van der Waals surface area (Å²) in [6.45, 7) is 3.44. The van der Waals surface area contributed by atoms with Gasteiger partial charge in [-0.1, -0.05) is 12.1 Å². The molecule has 6 heteroatoms. The van der Waals surface area contributed by atoms with Crippen LogP contribution in [0.1, 0.15) is 25.1 Å². The quantitative estimate of drug-likeness (QED) is 0.759. The second-order valence-electron chi connectivity index (χ2n) is 7.48. The molecule has 0 saturated carbocycles. The number of nitrogens with zero attached hydrogens (tertiary/aromatic N) is 3. The van der Waals surface area contributed by atoms with Crippen LogP contribution in [-0.4, -0.2) is 34.7 Å². The molecule has 6 nitrogen and oxygen atoms in total. The van der Waals surface area contributed by atoms with Gasteiger partial charge in [-0.3, -0.25) is 4.79 Å². The summed E-state index contributed by atoms with van der Waals surface area (Å²) < 4.78 is 7.79. The van der Waals surface area contributed by atoms with E-state index in [1.54, 1.807) is 0 Å². The fourth-order valence-corrected chi connectivity index (χ4v) is 4.15. The summed E-state index contributed by atoms with van der Waals surface area (Å²) in [6, 6.07) is 16.4. The average molecular weight is 376 g/mol. The maximum Gasteiger partial charge on any atom is 0.253 e. The highest BCUT2D eigenvalue weighted by molar-refractivity contribution is 5.94. The lowest BCUT2D eigenvalue weighted by molar-refractivity contribution is -0.124. The Bertz CT molecular complexity index is 989. The fourth-order valence-electron chi connectivity index (χ4n) is 4.15. The number of aryl methyl sites for hydroxylation is 1. The zero-order valence-corrected chi connectivity index (χ0v) is 15.8. The third-order valence-electron chi connectivity index (χ3n) is 5.60. The molecule has 0 spiro atoms. The fraction of sp³-hybridized carbons (Fsp3) is 0.364. The Morgan fingerprint density at radius 2 is 1.93 bits per heavy atom. The van der Waals surface area contributed by atoms with Gasteiger partial charge in [-0.05, 0) is 55.7 Å². The zero-order chi connectivity index (χ0) is 18.9. The van der Waals surface area contributed by atoms with E-state index in [1.807, 2.05) is 18.2 Å². The van der Waals surface area contributed by atoms with Crippen LogP contribution in [0.5, 0.6) is 0 Å². The number of carbonyl (C=O) groups excluding carboxylic acids is 1. The molecule has 1 fully saturated rings. The second kappa shape index (κ2) is 7.28. The van der Waals surface area contributed by atoms with Crippen molar-refractivity contribution < 1.29 is 9.53 Å². The SMILES string of the molecule is O=C(Nc1ccc(N2CCCn3c(nc4ccccc43)C2)cc1)C1CCCO1.